The Balaban J connectivity index is 2.64. The van der Waals surface area contributed by atoms with Crippen LogP contribution in [0.25, 0.3) is 0 Å². The maximum absolute atomic E-state index is 10.9. The Bertz CT molecular complexity index is 287. The third-order valence-corrected chi connectivity index (χ3v) is 1.83. The minimum atomic E-state index is -0.116. The molecule has 0 radical (unpaired) electrons. The van der Waals surface area contributed by atoms with E-state index in [1.165, 1.54) is 6.20 Å². The monoisotopic (exact) mass is 244 g/mol. The standard InChI is InChI=1S/C7H9BrN4O/c8-3-7(13)11-5-1-2-6(12-9)10-4-5/h1-2,4H,3,9H2,(H,10,12)(H,11,13). The molecular weight excluding hydrogens is 236 g/mol. The topological polar surface area (TPSA) is 80.0 Å². The van der Waals surface area contributed by atoms with Crippen molar-refractivity contribution in [1.29, 1.82) is 0 Å². The van der Waals surface area contributed by atoms with Gasteiger partial charge in [0.2, 0.25) is 5.91 Å². The Morgan fingerprint density at radius 1 is 1.62 bits per heavy atom. The second-order valence-corrected chi connectivity index (χ2v) is 2.82. The number of carbonyl (C=O) groups excluding carboxylic acids is 1. The molecule has 1 aromatic heterocycles. The fourth-order valence-electron chi connectivity index (χ4n) is 0.748. The second kappa shape index (κ2) is 4.78. The minimum absolute atomic E-state index is 0.116. The largest absolute Gasteiger partial charge is 0.324 e. The normalized spacial score (nSPS) is 9.38. The summed E-state index contributed by atoms with van der Waals surface area (Å²) >= 11 is 3.04. The number of nitrogen functional groups attached to an aromatic ring is 1. The summed E-state index contributed by atoms with van der Waals surface area (Å²) in [5.41, 5.74) is 3.03. The lowest BCUT2D eigenvalue weighted by Crippen LogP contribution is -2.13. The molecule has 6 heteroatoms. The van der Waals surface area contributed by atoms with Crippen molar-refractivity contribution in [2.75, 3.05) is 16.1 Å². The number of nitrogens with zero attached hydrogens (tertiary/aromatic N) is 1. The Labute approximate surface area is 83.8 Å². The molecule has 13 heavy (non-hydrogen) atoms. The summed E-state index contributed by atoms with van der Waals surface area (Å²) in [6.07, 6.45) is 1.52. The van der Waals surface area contributed by atoms with Crippen LogP contribution in [0.4, 0.5) is 11.5 Å². The van der Waals surface area contributed by atoms with Crippen molar-refractivity contribution >= 4 is 33.3 Å². The predicted molar refractivity (Wildman–Crippen MR) is 54.5 cm³/mol. The summed E-state index contributed by atoms with van der Waals surface area (Å²) in [7, 11) is 0. The number of halogens is 1. The zero-order valence-corrected chi connectivity index (χ0v) is 8.34. The van der Waals surface area contributed by atoms with Gasteiger partial charge in [0, 0.05) is 0 Å². The van der Waals surface area contributed by atoms with E-state index in [2.05, 4.69) is 31.7 Å². The minimum Gasteiger partial charge on any atom is -0.324 e. The highest BCUT2D eigenvalue weighted by Gasteiger charge is 1.99. The fraction of sp³-hybridized carbons (Fsp3) is 0.143. The molecule has 0 aliphatic rings. The molecule has 0 aliphatic heterocycles. The van der Waals surface area contributed by atoms with Crippen molar-refractivity contribution in [3.05, 3.63) is 18.3 Å². The van der Waals surface area contributed by atoms with E-state index in [0.717, 1.165) is 0 Å². The molecule has 1 amide bonds. The van der Waals surface area contributed by atoms with Crippen LogP contribution in [0.15, 0.2) is 18.3 Å². The van der Waals surface area contributed by atoms with Crippen LogP contribution in [0.1, 0.15) is 0 Å². The average Bonchev–Trinajstić information content (AvgIpc) is 2.19. The van der Waals surface area contributed by atoms with E-state index in [4.69, 9.17) is 5.84 Å². The van der Waals surface area contributed by atoms with Gasteiger partial charge >= 0.3 is 0 Å². The van der Waals surface area contributed by atoms with E-state index in [1.54, 1.807) is 12.1 Å². The van der Waals surface area contributed by atoms with E-state index in [-0.39, 0.29) is 11.2 Å². The average molecular weight is 245 g/mol. The number of anilines is 2. The molecule has 1 heterocycles. The summed E-state index contributed by atoms with van der Waals surface area (Å²) in [4.78, 5) is 14.8. The Hall–Kier alpha value is -1.14. The van der Waals surface area contributed by atoms with Crippen LogP contribution in [0.5, 0.6) is 0 Å². The van der Waals surface area contributed by atoms with Gasteiger partial charge in [0.05, 0.1) is 17.2 Å². The van der Waals surface area contributed by atoms with Crippen LogP contribution in [0, 0.1) is 0 Å². The molecule has 5 nitrogen and oxygen atoms in total. The molecule has 70 valence electrons. The highest BCUT2D eigenvalue weighted by molar-refractivity contribution is 9.09. The number of aromatic nitrogens is 1. The first-order chi connectivity index (χ1) is 6.26. The Morgan fingerprint density at radius 2 is 2.38 bits per heavy atom. The summed E-state index contributed by atoms with van der Waals surface area (Å²) in [6.45, 7) is 0. The predicted octanol–water partition coefficient (Wildman–Crippen LogP) is 0.701. The number of alkyl halides is 1. The Morgan fingerprint density at radius 3 is 2.85 bits per heavy atom. The summed E-state index contributed by atoms with van der Waals surface area (Å²) in [5, 5.41) is 2.89. The van der Waals surface area contributed by atoms with Gasteiger partial charge in [0.25, 0.3) is 0 Å². The lowest BCUT2D eigenvalue weighted by atomic mass is 10.4. The van der Waals surface area contributed by atoms with Gasteiger partial charge in [-0.15, -0.1) is 0 Å². The third-order valence-electron chi connectivity index (χ3n) is 1.32. The lowest BCUT2D eigenvalue weighted by Gasteiger charge is -2.03. The van der Waals surface area contributed by atoms with Gasteiger partial charge in [-0.2, -0.15) is 0 Å². The highest BCUT2D eigenvalue weighted by Crippen LogP contribution is 2.08. The molecule has 4 N–H and O–H groups in total. The number of carbonyl (C=O) groups is 1. The van der Waals surface area contributed by atoms with E-state index in [0.29, 0.717) is 11.5 Å². The second-order valence-electron chi connectivity index (χ2n) is 2.26. The van der Waals surface area contributed by atoms with Crippen molar-refractivity contribution in [1.82, 2.24) is 4.98 Å². The number of hydrogen-bond acceptors (Lipinski definition) is 4. The van der Waals surface area contributed by atoms with Gasteiger partial charge in [-0.3, -0.25) is 4.79 Å². The molecule has 0 saturated heterocycles. The summed E-state index contributed by atoms with van der Waals surface area (Å²) in [5.74, 6) is 5.56. The number of hydrazine groups is 1. The van der Waals surface area contributed by atoms with Crippen molar-refractivity contribution in [3.63, 3.8) is 0 Å². The quantitative estimate of drug-likeness (QED) is 0.416. The molecule has 0 aliphatic carbocycles. The Kier molecular flexibility index (Phi) is 3.66. The van der Waals surface area contributed by atoms with Gasteiger partial charge in [-0.25, -0.2) is 10.8 Å². The van der Waals surface area contributed by atoms with Crippen LogP contribution >= 0.6 is 15.9 Å². The third kappa shape index (κ3) is 3.00. The molecule has 1 rings (SSSR count). The smallest absolute Gasteiger partial charge is 0.235 e. The van der Waals surface area contributed by atoms with Gasteiger partial charge in [-0.1, -0.05) is 15.9 Å². The number of nitrogens with one attached hydrogen (secondary N) is 2. The SMILES string of the molecule is NNc1ccc(NC(=O)CBr)cn1. The maximum atomic E-state index is 10.9. The van der Waals surface area contributed by atoms with Crippen molar-refractivity contribution in [2.24, 2.45) is 5.84 Å². The molecule has 0 spiro atoms. The summed E-state index contributed by atoms with van der Waals surface area (Å²) < 4.78 is 0. The van der Waals surface area contributed by atoms with Crippen LogP contribution in [0.3, 0.4) is 0 Å². The molecule has 0 aromatic carbocycles. The molecule has 1 aromatic rings. The van der Waals surface area contributed by atoms with Gasteiger partial charge in [0.1, 0.15) is 5.82 Å². The lowest BCUT2D eigenvalue weighted by molar-refractivity contribution is -0.113. The van der Waals surface area contributed by atoms with Crippen LogP contribution < -0.4 is 16.6 Å². The van der Waals surface area contributed by atoms with E-state index >= 15 is 0 Å². The molecular formula is C7H9BrN4O. The number of amides is 1. The maximum Gasteiger partial charge on any atom is 0.235 e. The number of nitrogens with two attached hydrogens (primary N) is 1. The first-order valence-corrected chi connectivity index (χ1v) is 4.67. The molecule has 0 saturated carbocycles. The molecule has 0 atom stereocenters. The van der Waals surface area contributed by atoms with E-state index in [1.807, 2.05) is 0 Å². The van der Waals surface area contributed by atoms with Crippen molar-refractivity contribution in [3.8, 4) is 0 Å². The number of pyridine rings is 1. The van der Waals surface area contributed by atoms with Crippen LogP contribution in [-0.2, 0) is 4.79 Å². The first-order valence-electron chi connectivity index (χ1n) is 3.54. The molecule has 0 fully saturated rings. The van der Waals surface area contributed by atoms with Crippen LogP contribution in [0.2, 0.25) is 0 Å². The highest BCUT2D eigenvalue weighted by atomic mass is 79.9. The fourth-order valence-corrected chi connectivity index (χ4v) is 0.888. The summed E-state index contributed by atoms with van der Waals surface area (Å²) in [6, 6.07) is 3.38. The van der Waals surface area contributed by atoms with Crippen molar-refractivity contribution in [2.45, 2.75) is 0 Å². The van der Waals surface area contributed by atoms with Gasteiger partial charge in [-0.05, 0) is 12.1 Å². The van der Waals surface area contributed by atoms with Gasteiger partial charge in [0.15, 0.2) is 0 Å². The zero-order chi connectivity index (χ0) is 9.68. The van der Waals surface area contributed by atoms with Crippen molar-refractivity contribution < 1.29 is 4.79 Å². The van der Waals surface area contributed by atoms with Gasteiger partial charge < -0.3 is 10.7 Å². The van der Waals surface area contributed by atoms with E-state index in [9.17, 15) is 4.79 Å². The zero-order valence-electron chi connectivity index (χ0n) is 6.75. The van der Waals surface area contributed by atoms with E-state index < -0.39 is 0 Å². The van der Waals surface area contributed by atoms with Crippen LogP contribution in [-0.4, -0.2) is 16.2 Å². The number of hydrogen-bond donors (Lipinski definition) is 3. The molecule has 0 bridgehead atoms. The molecule has 0 unspecified atom stereocenters. The number of rotatable bonds is 3. The first kappa shape index (κ1) is 9.94.